The van der Waals surface area contributed by atoms with Gasteiger partial charge in [0.05, 0.1) is 5.69 Å². The predicted octanol–water partition coefficient (Wildman–Crippen LogP) is 7.24. The molecule has 3 heterocycles. The number of benzene rings is 3. The number of halogens is 1. The summed E-state index contributed by atoms with van der Waals surface area (Å²) < 4.78 is 0. The van der Waals surface area contributed by atoms with Crippen LogP contribution in [0.4, 0.5) is 11.5 Å². The van der Waals surface area contributed by atoms with E-state index in [4.69, 9.17) is 16.6 Å². The van der Waals surface area contributed by atoms with Gasteiger partial charge in [-0.1, -0.05) is 60.1 Å². The Morgan fingerprint density at radius 1 is 0.950 bits per heavy atom. The van der Waals surface area contributed by atoms with Crippen LogP contribution in [0.15, 0.2) is 85.1 Å². The molecule has 6 heteroatoms. The number of anilines is 2. The Bertz CT molecular complexity index is 1500. The molecule has 204 valence electrons. The van der Waals surface area contributed by atoms with E-state index in [1.165, 1.54) is 16.7 Å². The largest absolute Gasteiger partial charge is 0.367 e. The van der Waals surface area contributed by atoms with Crippen molar-refractivity contribution < 1.29 is 4.79 Å². The van der Waals surface area contributed by atoms with Crippen LogP contribution in [0.5, 0.6) is 0 Å². The summed E-state index contributed by atoms with van der Waals surface area (Å²) in [5, 5.41) is 4.19. The first-order valence-electron chi connectivity index (χ1n) is 14.2. The summed E-state index contributed by atoms with van der Waals surface area (Å²) >= 11 is 6.30. The molecule has 2 aliphatic heterocycles. The minimum atomic E-state index is 0.116. The van der Waals surface area contributed by atoms with Crippen LogP contribution < -0.4 is 10.2 Å². The first kappa shape index (κ1) is 26.4. The van der Waals surface area contributed by atoms with Gasteiger partial charge in [-0.2, -0.15) is 0 Å². The molecule has 2 aliphatic rings. The fourth-order valence-electron chi connectivity index (χ4n) is 5.90. The highest BCUT2D eigenvalue weighted by Gasteiger charge is 2.25. The fraction of sp³-hybridized carbons (Fsp3) is 0.294. The Kier molecular flexibility index (Phi) is 7.74. The minimum absolute atomic E-state index is 0.116. The van der Waals surface area contributed by atoms with Crippen molar-refractivity contribution in [2.75, 3.05) is 36.4 Å². The quantitative estimate of drug-likeness (QED) is 0.275. The van der Waals surface area contributed by atoms with Crippen molar-refractivity contribution in [1.29, 1.82) is 0 Å². The van der Waals surface area contributed by atoms with Crippen molar-refractivity contribution in [3.05, 3.63) is 112 Å². The maximum Gasteiger partial charge on any atom is 0.253 e. The highest BCUT2D eigenvalue weighted by molar-refractivity contribution is 6.30. The molecule has 0 bridgehead atoms. The first-order valence-corrected chi connectivity index (χ1v) is 14.6. The predicted molar refractivity (Wildman–Crippen MR) is 164 cm³/mol. The molecule has 0 saturated carbocycles. The summed E-state index contributed by atoms with van der Waals surface area (Å²) in [6, 6.07) is 26.9. The Hall–Kier alpha value is -3.83. The molecule has 3 aromatic carbocycles. The number of hydrogen-bond donors (Lipinski definition) is 1. The number of carbonyl (C=O) groups is 1. The topological polar surface area (TPSA) is 48.5 Å². The number of nitrogens with one attached hydrogen (secondary N) is 1. The Balaban J connectivity index is 1.17. The SMILES string of the molecule is Cc1ccc(Cl)cc1CN1CCNc2ncc(-c3cccc(C(=O)N4CCC(Cc5ccccc5)CC4)c3)cc21. The van der Waals surface area contributed by atoms with Gasteiger partial charge in [-0.25, -0.2) is 4.98 Å². The lowest BCUT2D eigenvalue weighted by Gasteiger charge is -2.32. The molecule has 0 radical (unpaired) electrons. The lowest BCUT2D eigenvalue weighted by atomic mass is 9.90. The number of amides is 1. The van der Waals surface area contributed by atoms with Gasteiger partial charge in [-0.15, -0.1) is 0 Å². The van der Waals surface area contributed by atoms with E-state index in [1.54, 1.807) is 0 Å². The van der Waals surface area contributed by atoms with Crippen molar-refractivity contribution >= 4 is 29.0 Å². The van der Waals surface area contributed by atoms with Gasteiger partial charge >= 0.3 is 0 Å². The molecule has 1 amide bonds. The van der Waals surface area contributed by atoms with Crippen molar-refractivity contribution in [3.8, 4) is 11.1 Å². The van der Waals surface area contributed by atoms with E-state index >= 15 is 0 Å². The number of nitrogens with zero attached hydrogens (tertiary/aromatic N) is 3. The van der Waals surface area contributed by atoms with Gasteiger partial charge < -0.3 is 15.1 Å². The number of aryl methyl sites for hydroxylation is 1. The van der Waals surface area contributed by atoms with E-state index in [0.29, 0.717) is 5.92 Å². The zero-order valence-corrected chi connectivity index (χ0v) is 23.7. The summed E-state index contributed by atoms with van der Waals surface area (Å²) in [5.74, 6) is 1.64. The lowest BCUT2D eigenvalue weighted by Crippen LogP contribution is -2.38. The van der Waals surface area contributed by atoms with E-state index in [-0.39, 0.29) is 5.91 Å². The second-order valence-electron chi connectivity index (χ2n) is 11.0. The number of pyridine rings is 1. The maximum absolute atomic E-state index is 13.5. The molecule has 0 aliphatic carbocycles. The fourth-order valence-corrected chi connectivity index (χ4v) is 6.09. The van der Waals surface area contributed by atoms with E-state index in [1.807, 2.05) is 35.4 Å². The van der Waals surface area contributed by atoms with Crippen molar-refractivity contribution in [1.82, 2.24) is 9.88 Å². The van der Waals surface area contributed by atoms with Crippen LogP contribution in [0.1, 0.15) is 39.9 Å². The normalized spacial score (nSPS) is 15.4. The number of piperidine rings is 1. The highest BCUT2D eigenvalue weighted by atomic mass is 35.5. The molecule has 5 nitrogen and oxygen atoms in total. The molecule has 6 rings (SSSR count). The molecular weight excluding hydrogens is 516 g/mol. The van der Waals surface area contributed by atoms with Gasteiger partial charge in [-0.05, 0) is 84.7 Å². The average molecular weight is 551 g/mol. The Morgan fingerprint density at radius 3 is 2.60 bits per heavy atom. The molecule has 4 aromatic rings. The first-order chi connectivity index (χ1) is 19.5. The Labute approximate surface area is 241 Å². The molecule has 1 aromatic heterocycles. The molecule has 1 fully saturated rings. The molecule has 0 atom stereocenters. The van der Waals surface area contributed by atoms with Crippen LogP contribution in [0.25, 0.3) is 11.1 Å². The highest BCUT2D eigenvalue weighted by Crippen LogP contribution is 2.34. The van der Waals surface area contributed by atoms with Crippen LogP contribution in [0.3, 0.4) is 0 Å². The molecule has 0 spiro atoms. The zero-order valence-electron chi connectivity index (χ0n) is 22.9. The van der Waals surface area contributed by atoms with Gasteiger partial charge in [0.1, 0.15) is 5.82 Å². The zero-order chi connectivity index (χ0) is 27.5. The van der Waals surface area contributed by atoms with E-state index in [0.717, 1.165) is 85.2 Å². The number of hydrogen-bond acceptors (Lipinski definition) is 4. The number of rotatable bonds is 6. The molecular formula is C34H35ClN4O. The second kappa shape index (κ2) is 11.7. The smallest absolute Gasteiger partial charge is 0.253 e. The Morgan fingerprint density at radius 2 is 1.77 bits per heavy atom. The van der Waals surface area contributed by atoms with Crippen LogP contribution in [-0.2, 0) is 13.0 Å². The summed E-state index contributed by atoms with van der Waals surface area (Å²) in [7, 11) is 0. The number of fused-ring (bicyclic) bond motifs is 1. The molecule has 1 N–H and O–H groups in total. The maximum atomic E-state index is 13.5. The van der Waals surface area contributed by atoms with Gasteiger partial charge in [-0.3, -0.25) is 4.79 Å². The van der Waals surface area contributed by atoms with E-state index in [2.05, 4.69) is 71.7 Å². The second-order valence-corrected chi connectivity index (χ2v) is 11.5. The summed E-state index contributed by atoms with van der Waals surface area (Å²) in [5.41, 5.74) is 7.64. The number of likely N-dealkylation sites (tertiary alicyclic amines) is 1. The van der Waals surface area contributed by atoms with Crippen LogP contribution in [0, 0.1) is 12.8 Å². The number of aromatic nitrogens is 1. The van der Waals surface area contributed by atoms with Gasteiger partial charge in [0.25, 0.3) is 5.91 Å². The van der Waals surface area contributed by atoms with Crippen LogP contribution in [-0.4, -0.2) is 42.0 Å². The van der Waals surface area contributed by atoms with Gasteiger partial charge in [0.15, 0.2) is 0 Å². The average Bonchev–Trinajstić information content (AvgIpc) is 2.99. The third kappa shape index (κ3) is 5.85. The molecule has 0 unspecified atom stereocenters. The van der Waals surface area contributed by atoms with Crippen LogP contribution >= 0.6 is 11.6 Å². The van der Waals surface area contributed by atoms with E-state index in [9.17, 15) is 4.79 Å². The standard InChI is InChI=1S/C34H35ClN4O/c1-24-10-11-31(35)20-30(24)23-39-17-14-36-33-32(39)21-29(22-37-33)27-8-5-9-28(19-27)34(40)38-15-12-26(13-16-38)18-25-6-3-2-4-7-25/h2-11,19-22,26H,12-18,23H2,1H3,(H,36,37). The summed E-state index contributed by atoms with van der Waals surface area (Å²) in [6.45, 7) is 6.23. The third-order valence-corrected chi connectivity index (χ3v) is 8.50. The van der Waals surface area contributed by atoms with E-state index < -0.39 is 0 Å². The van der Waals surface area contributed by atoms with Gasteiger partial charge in [0.2, 0.25) is 0 Å². The molecule has 40 heavy (non-hydrogen) atoms. The van der Waals surface area contributed by atoms with Crippen molar-refractivity contribution in [2.24, 2.45) is 5.92 Å². The monoisotopic (exact) mass is 550 g/mol. The van der Waals surface area contributed by atoms with Gasteiger partial charge in [0, 0.05) is 55.1 Å². The van der Waals surface area contributed by atoms with Crippen molar-refractivity contribution in [3.63, 3.8) is 0 Å². The summed E-state index contributed by atoms with van der Waals surface area (Å²) in [4.78, 5) is 22.6. The molecule has 1 saturated heterocycles. The third-order valence-electron chi connectivity index (χ3n) is 8.27. The lowest BCUT2D eigenvalue weighted by molar-refractivity contribution is 0.0690. The summed E-state index contributed by atoms with van der Waals surface area (Å²) in [6.07, 6.45) is 5.08. The van der Waals surface area contributed by atoms with Crippen molar-refractivity contribution in [2.45, 2.75) is 32.7 Å². The van der Waals surface area contributed by atoms with Crippen LogP contribution in [0.2, 0.25) is 5.02 Å². The number of carbonyl (C=O) groups excluding carboxylic acids is 1. The minimum Gasteiger partial charge on any atom is -0.367 e.